The zero-order valence-electron chi connectivity index (χ0n) is 10.0. The average Bonchev–Trinajstić information content (AvgIpc) is 3.08. The molecule has 1 fully saturated rings. The summed E-state index contributed by atoms with van der Waals surface area (Å²) in [6, 6.07) is -2.28. The van der Waals surface area contributed by atoms with E-state index in [0.29, 0.717) is 0 Å². The van der Waals surface area contributed by atoms with Crippen LogP contribution in [0, 0.1) is 0 Å². The summed E-state index contributed by atoms with van der Waals surface area (Å²) in [6.45, 7) is -0.290. The topological polar surface area (TPSA) is 145 Å². The van der Waals surface area contributed by atoms with Gasteiger partial charge in [0.15, 0.2) is 0 Å². The Bertz CT molecular complexity index is 393. The maximum atomic E-state index is 11.3. The van der Waals surface area contributed by atoms with E-state index in [9.17, 15) is 19.2 Å². The van der Waals surface area contributed by atoms with Gasteiger partial charge in [-0.3, -0.25) is 9.59 Å². The molecule has 0 heterocycles. The molecule has 106 valence electrons. The van der Waals surface area contributed by atoms with Crippen molar-refractivity contribution in [1.29, 1.82) is 0 Å². The number of carbonyl (C=O) groups excluding carboxylic acids is 2. The Kier molecular flexibility index (Phi) is 5.10. The molecule has 1 saturated carbocycles. The molecule has 0 aromatic rings. The second kappa shape index (κ2) is 6.57. The number of hydrogen-bond donors (Lipinski definition) is 5. The molecule has 1 aliphatic carbocycles. The monoisotopic (exact) mass is 273 g/mol. The van der Waals surface area contributed by atoms with Crippen LogP contribution in [0.25, 0.3) is 0 Å². The van der Waals surface area contributed by atoms with Gasteiger partial charge in [-0.2, -0.15) is 0 Å². The number of carbonyl (C=O) groups is 4. The summed E-state index contributed by atoms with van der Waals surface area (Å²) >= 11 is 0. The predicted molar refractivity (Wildman–Crippen MR) is 61.4 cm³/mol. The van der Waals surface area contributed by atoms with Gasteiger partial charge in [0.05, 0.1) is 13.0 Å². The van der Waals surface area contributed by atoms with E-state index in [2.05, 4.69) is 10.6 Å². The van der Waals surface area contributed by atoms with Crippen molar-refractivity contribution in [1.82, 2.24) is 16.0 Å². The van der Waals surface area contributed by atoms with Gasteiger partial charge in [-0.1, -0.05) is 0 Å². The Hall–Kier alpha value is -2.32. The first-order valence-corrected chi connectivity index (χ1v) is 5.67. The molecule has 0 bridgehead atoms. The van der Waals surface area contributed by atoms with Crippen LogP contribution in [0.4, 0.5) is 4.79 Å². The predicted octanol–water partition coefficient (Wildman–Crippen LogP) is -1.51. The minimum Gasteiger partial charge on any atom is -0.481 e. The Morgan fingerprint density at radius 3 is 2.26 bits per heavy atom. The minimum atomic E-state index is -1.54. The van der Waals surface area contributed by atoms with Crippen molar-refractivity contribution < 1.29 is 29.4 Å². The second-order valence-corrected chi connectivity index (χ2v) is 4.16. The molecule has 1 rings (SSSR count). The zero-order valence-corrected chi connectivity index (χ0v) is 10.0. The largest absolute Gasteiger partial charge is 0.481 e. The van der Waals surface area contributed by atoms with Gasteiger partial charge in [-0.25, -0.2) is 9.59 Å². The molecule has 0 aromatic carbocycles. The molecule has 5 N–H and O–H groups in total. The van der Waals surface area contributed by atoms with Crippen molar-refractivity contribution >= 4 is 23.9 Å². The highest BCUT2D eigenvalue weighted by atomic mass is 16.4. The van der Waals surface area contributed by atoms with Crippen LogP contribution in [0.2, 0.25) is 0 Å². The van der Waals surface area contributed by atoms with Crippen LogP contribution >= 0.6 is 0 Å². The summed E-state index contributed by atoms with van der Waals surface area (Å²) in [5, 5.41) is 23.9. The Morgan fingerprint density at radius 1 is 1.16 bits per heavy atom. The van der Waals surface area contributed by atoms with E-state index >= 15 is 0 Å². The van der Waals surface area contributed by atoms with E-state index in [-0.39, 0.29) is 18.5 Å². The van der Waals surface area contributed by atoms with Gasteiger partial charge < -0.3 is 26.2 Å². The Morgan fingerprint density at radius 2 is 1.79 bits per heavy atom. The lowest BCUT2D eigenvalue weighted by atomic mass is 10.2. The fraction of sp³-hybridized carbons (Fsp3) is 0.600. The van der Waals surface area contributed by atoms with Crippen LogP contribution in [0.1, 0.15) is 19.3 Å². The van der Waals surface area contributed by atoms with Gasteiger partial charge >= 0.3 is 18.0 Å². The van der Waals surface area contributed by atoms with Crippen LogP contribution in [0.3, 0.4) is 0 Å². The molecule has 0 aliphatic heterocycles. The third-order valence-electron chi connectivity index (χ3n) is 2.33. The summed E-state index contributed by atoms with van der Waals surface area (Å²) < 4.78 is 0. The zero-order chi connectivity index (χ0) is 14.4. The molecule has 0 aromatic heterocycles. The number of carboxylic acids is 2. The lowest BCUT2D eigenvalue weighted by Gasteiger charge is -2.13. The normalized spacial score (nSPS) is 15.2. The first-order valence-electron chi connectivity index (χ1n) is 5.67. The molecule has 0 spiro atoms. The molecule has 0 radical (unpaired) electrons. The molecular formula is C10H15N3O6. The van der Waals surface area contributed by atoms with E-state index in [4.69, 9.17) is 10.2 Å². The van der Waals surface area contributed by atoms with E-state index in [1.54, 1.807) is 0 Å². The summed E-state index contributed by atoms with van der Waals surface area (Å²) in [5.41, 5.74) is 0. The van der Waals surface area contributed by atoms with Crippen molar-refractivity contribution in [2.75, 3.05) is 6.54 Å². The molecule has 9 heteroatoms. The number of hydrogen-bond acceptors (Lipinski definition) is 4. The van der Waals surface area contributed by atoms with Crippen molar-refractivity contribution in [3.05, 3.63) is 0 Å². The van der Waals surface area contributed by atoms with E-state index < -0.39 is 30.4 Å². The van der Waals surface area contributed by atoms with Crippen molar-refractivity contribution in [2.45, 2.75) is 31.3 Å². The maximum absolute atomic E-state index is 11.3. The van der Waals surface area contributed by atoms with E-state index in [1.165, 1.54) is 0 Å². The van der Waals surface area contributed by atoms with Gasteiger partial charge in [0, 0.05) is 6.04 Å². The smallest absolute Gasteiger partial charge is 0.326 e. The maximum Gasteiger partial charge on any atom is 0.326 e. The Balaban J connectivity index is 2.28. The van der Waals surface area contributed by atoms with E-state index in [0.717, 1.165) is 12.8 Å². The lowest BCUT2D eigenvalue weighted by Crippen LogP contribution is -2.49. The quantitative estimate of drug-likeness (QED) is 0.381. The third kappa shape index (κ3) is 6.24. The first kappa shape index (κ1) is 14.7. The van der Waals surface area contributed by atoms with E-state index in [1.807, 2.05) is 5.32 Å². The molecule has 1 aliphatic rings. The highest BCUT2D eigenvalue weighted by Crippen LogP contribution is 2.18. The van der Waals surface area contributed by atoms with Crippen molar-refractivity contribution in [3.8, 4) is 0 Å². The van der Waals surface area contributed by atoms with Crippen LogP contribution in [-0.4, -0.2) is 52.7 Å². The molecule has 1 atom stereocenters. The van der Waals surface area contributed by atoms with Gasteiger partial charge in [-0.05, 0) is 12.8 Å². The number of carboxylic acid groups (broad SMARTS) is 2. The summed E-state index contributed by atoms with van der Waals surface area (Å²) in [6.07, 6.45) is 1.09. The highest BCUT2D eigenvalue weighted by Gasteiger charge is 2.25. The number of rotatable bonds is 7. The second-order valence-electron chi connectivity index (χ2n) is 4.16. The third-order valence-corrected chi connectivity index (χ3v) is 2.33. The first-order chi connectivity index (χ1) is 8.88. The van der Waals surface area contributed by atoms with Crippen LogP contribution in [0.5, 0.6) is 0 Å². The molecule has 19 heavy (non-hydrogen) atoms. The molecule has 0 saturated heterocycles. The number of urea groups is 1. The summed E-state index contributed by atoms with van der Waals surface area (Å²) in [4.78, 5) is 43.6. The SMILES string of the molecule is O=C(O)C[C@H](NC(=O)NCC(=O)NC1CC1)C(=O)O. The number of nitrogens with one attached hydrogen (secondary N) is 3. The lowest BCUT2D eigenvalue weighted by molar-refractivity contribution is -0.145. The fourth-order valence-corrected chi connectivity index (χ4v) is 1.25. The standard InChI is InChI=1S/C10H15N3O6/c14-7(12-5-1-2-5)4-11-10(19)13-6(9(17)18)3-8(15)16/h5-6H,1-4H2,(H,12,14)(H,15,16)(H,17,18)(H2,11,13,19)/t6-/m0/s1. The molecule has 3 amide bonds. The van der Waals surface area contributed by atoms with Crippen LogP contribution in [-0.2, 0) is 14.4 Å². The number of aliphatic carboxylic acids is 2. The van der Waals surface area contributed by atoms with Crippen molar-refractivity contribution in [2.24, 2.45) is 0 Å². The minimum absolute atomic E-state index is 0.163. The summed E-state index contributed by atoms with van der Waals surface area (Å²) in [5.74, 6) is -3.18. The van der Waals surface area contributed by atoms with Crippen LogP contribution in [0.15, 0.2) is 0 Å². The molecule has 0 unspecified atom stereocenters. The van der Waals surface area contributed by atoms with Gasteiger partial charge in [-0.15, -0.1) is 0 Å². The molecular weight excluding hydrogens is 258 g/mol. The molecule has 9 nitrogen and oxygen atoms in total. The van der Waals surface area contributed by atoms with Gasteiger partial charge in [0.25, 0.3) is 0 Å². The fourth-order valence-electron chi connectivity index (χ4n) is 1.25. The average molecular weight is 273 g/mol. The number of amides is 3. The highest BCUT2D eigenvalue weighted by molar-refractivity contribution is 5.88. The Labute approximate surface area is 108 Å². The van der Waals surface area contributed by atoms with Crippen LogP contribution < -0.4 is 16.0 Å². The summed E-state index contributed by atoms with van der Waals surface area (Å²) in [7, 11) is 0. The van der Waals surface area contributed by atoms with Gasteiger partial charge in [0.1, 0.15) is 6.04 Å². The van der Waals surface area contributed by atoms with Crippen molar-refractivity contribution in [3.63, 3.8) is 0 Å². The van der Waals surface area contributed by atoms with Gasteiger partial charge in [0.2, 0.25) is 5.91 Å².